The predicted octanol–water partition coefficient (Wildman–Crippen LogP) is 3.89. The lowest BCUT2D eigenvalue weighted by Crippen LogP contribution is -2.10. The summed E-state index contributed by atoms with van der Waals surface area (Å²) in [6.45, 7) is 0. The molecule has 1 aromatic heterocycles. The lowest BCUT2D eigenvalue weighted by atomic mass is 10.1. The molecule has 1 heterocycles. The maximum atomic E-state index is 14.6. The normalized spacial score (nSPS) is 12.4. The van der Waals surface area contributed by atoms with Gasteiger partial charge in [0.1, 0.15) is 5.82 Å². The first-order valence-electron chi connectivity index (χ1n) is 7.34. The van der Waals surface area contributed by atoms with Gasteiger partial charge in [-0.1, -0.05) is 11.6 Å². The Hall–Kier alpha value is -2.32. The van der Waals surface area contributed by atoms with Crippen LogP contribution in [0.1, 0.15) is 16.1 Å². The van der Waals surface area contributed by atoms with Crippen LogP contribution in [-0.4, -0.2) is 46.9 Å². The van der Waals surface area contributed by atoms with E-state index >= 15 is 0 Å². The minimum Gasteiger partial charge on any atom is -0.492 e. The van der Waals surface area contributed by atoms with Crippen molar-refractivity contribution in [1.82, 2.24) is 9.97 Å². The van der Waals surface area contributed by atoms with Crippen molar-refractivity contribution in [3.05, 3.63) is 39.6 Å². The van der Waals surface area contributed by atoms with Crippen molar-refractivity contribution in [2.45, 2.75) is 0 Å². The fraction of sp³-hybridized carbons (Fsp3) is 0.235. The van der Waals surface area contributed by atoms with Crippen LogP contribution in [0.5, 0.6) is 5.75 Å². The quantitative estimate of drug-likeness (QED) is 0.791. The minimum absolute atomic E-state index is 0.0550. The number of methoxy groups -OCH3 is 1. The van der Waals surface area contributed by atoms with Gasteiger partial charge in [-0.2, -0.15) is 0 Å². The van der Waals surface area contributed by atoms with Crippen LogP contribution >= 0.6 is 21.6 Å². The van der Waals surface area contributed by atoms with Gasteiger partial charge in [0.15, 0.2) is 23.1 Å². The number of ether oxygens (including phenoxy) is 1. The van der Waals surface area contributed by atoms with Crippen LogP contribution in [0.2, 0.25) is 5.02 Å². The summed E-state index contributed by atoms with van der Waals surface area (Å²) in [7, 11) is 0.232. The number of hydrogen-bond acceptors (Lipinski definition) is 5. The van der Waals surface area contributed by atoms with Gasteiger partial charge in [0.05, 0.1) is 23.3 Å². The molecule has 0 bridgehead atoms. The van der Waals surface area contributed by atoms with Crippen LogP contribution in [-0.2, 0) is 0 Å². The van der Waals surface area contributed by atoms with Crippen LogP contribution in [0, 0.1) is 5.82 Å². The van der Waals surface area contributed by atoms with Crippen LogP contribution in [0.15, 0.2) is 17.5 Å². The Labute approximate surface area is 157 Å². The molecule has 0 unspecified atom stereocenters. The number of hydrogen-bond donors (Lipinski definition) is 2. The highest BCUT2D eigenvalue weighted by molar-refractivity contribution is 8.34. The Bertz CT molecular complexity index is 898. The Morgan fingerprint density at radius 3 is 2.54 bits per heavy atom. The maximum absolute atomic E-state index is 14.6. The number of nitrogens with two attached hydrogens (primary N) is 1. The Kier molecular flexibility index (Phi) is 5.77. The summed E-state index contributed by atoms with van der Waals surface area (Å²) in [6.07, 6.45) is 7.69. The molecule has 0 fully saturated rings. The number of aromatic nitrogens is 2. The first-order chi connectivity index (χ1) is 12.0. The molecule has 2 aromatic rings. The van der Waals surface area contributed by atoms with Crippen LogP contribution in [0.25, 0.3) is 17.5 Å². The number of anilines is 1. The third kappa shape index (κ3) is 4.25. The van der Waals surface area contributed by atoms with Gasteiger partial charge in [0, 0.05) is 0 Å². The summed E-state index contributed by atoms with van der Waals surface area (Å²) in [4.78, 5) is 19.7. The van der Waals surface area contributed by atoms with Crippen molar-refractivity contribution < 1.29 is 19.0 Å². The first-order valence-corrected chi connectivity index (χ1v) is 10.6. The third-order valence-corrected chi connectivity index (χ3v) is 4.56. The summed E-state index contributed by atoms with van der Waals surface area (Å²) in [5.74, 6) is -2.47. The van der Waals surface area contributed by atoms with Gasteiger partial charge in [-0.25, -0.2) is 29.2 Å². The molecule has 0 radical (unpaired) electrons. The van der Waals surface area contributed by atoms with Gasteiger partial charge >= 0.3 is 5.97 Å². The highest BCUT2D eigenvalue weighted by atomic mass is 35.5. The zero-order chi connectivity index (χ0) is 19.6. The largest absolute Gasteiger partial charge is 0.492 e. The van der Waals surface area contributed by atoms with E-state index < -0.39 is 21.8 Å². The van der Waals surface area contributed by atoms with Crippen molar-refractivity contribution in [2.24, 2.45) is 0 Å². The molecule has 0 saturated carbocycles. The van der Waals surface area contributed by atoms with Crippen molar-refractivity contribution in [3.63, 3.8) is 0 Å². The summed E-state index contributed by atoms with van der Waals surface area (Å²) in [5.41, 5.74) is 5.76. The second-order valence-electron chi connectivity index (χ2n) is 6.18. The highest BCUT2D eigenvalue weighted by Gasteiger charge is 2.21. The van der Waals surface area contributed by atoms with E-state index in [0.29, 0.717) is 0 Å². The number of nitrogen functional groups attached to an aromatic ring is 1. The van der Waals surface area contributed by atoms with E-state index in [2.05, 4.69) is 9.97 Å². The molecule has 3 N–H and O–H groups in total. The number of rotatable bonds is 5. The summed E-state index contributed by atoms with van der Waals surface area (Å²) >= 11 is 5.88. The summed E-state index contributed by atoms with van der Waals surface area (Å²) < 4.78 is 19.5. The fourth-order valence-electron chi connectivity index (χ4n) is 2.10. The topological polar surface area (TPSA) is 98.3 Å². The molecule has 6 nitrogen and oxygen atoms in total. The maximum Gasteiger partial charge on any atom is 0.355 e. The molecule has 26 heavy (non-hydrogen) atoms. The van der Waals surface area contributed by atoms with Crippen LogP contribution < -0.4 is 10.5 Å². The van der Waals surface area contributed by atoms with E-state index in [4.69, 9.17) is 22.1 Å². The summed E-state index contributed by atoms with van der Waals surface area (Å²) in [5, 5.41) is 11.4. The van der Waals surface area contributed by atoms with Crippen molar-refractivity contribution >= 4 is 39.5 Å². The fourth-order valence-corrected chi connectivity index (χ4v) is 2.87. The standard InChI is InChI=1S/C17H19ClFN3O3S/c1-25-14-11(18)6-5-9(12(14)19)16-21-13(17(23)24)10(15(20)22-16)7-8-26(2,3)4/h5-8H,1-4H3,(H,23,24)(H2,20,21,22)/b8-7+. The smallest absolute Gasteiger partial charge is 0.355 e. The number of benzene rings is 1. The molecular formula is C17H19ClFN3O3S. The van der Waals surface area contributed by atoms with E-state index in [1.807, 2.05) is 24.2 Å². The van der Waals surface area contributed by atoms with Gasteiger partial charge < -0.3 is 15.6 Å². The molecule has 0 aliphatic carbocycles. The molecule has 2 rings (SSSR count). The van der Waals surface area contributed by atoms with Crippen LogP contribution in [0.4, 0.5) is 10.2 Å². The van der Waals surface area contributed by atoms with Gasteiger partial charge in [-0.3, -0.25) is 0 Å². The van der Waals surface area contributed by atoms with E-state index in [0.717, 1.165) is 0 Å². The third-order valence-electron chi connectivity index (χ3n) is 3.31. The Morgan fingerprint density at radius 1 is 1.35 bits per heavy atom. The van der Waals surface area contributed by atoms with E-state index in [1.165, 1.54) is 19.2 Å². The van der Waals surface area contributed by atoms with Gasteiger partial charge in [0.2, 0.25) is 0 Å². The zero-order valence-electron chi connectivity index (χ0n) is 14.7. The van der Waals surface area contributed by atoms with E-state index in [1.54, 1.807) is 6.08 Å². The number of carboxylic acid groups (broad SMARTS) is 1. The van der Waals surface area contributed by atoms with Crippen LogP contribution in [0.3, 0.4) is 0 Å². The second kappa shape index (κ2) is 7.51. The first kappa shape index (κ1) is 20.0. The van der Waals surface area contributed by atoms with Crippen molar-refractivity contribution in [1.29, 1.82) is 0 Å². The van der Waals surface area contributed by atoms with Gasteiger partial charge in [-0.15, -0.1) is 0 Å². The highest BCUT2D eigenvalue weighted by Crippen LogP contribution is 2.38. The van der Waals surface area contributed by atoms with Gasteiger partial charge in [0.25, 0.3) is 0 Å². The predicted molar refractivity (Wildman–Crippen MR) is 105 cm³/mol. The molecule has 0 atom stereocenters. The lowest BCUT2D eigenvalue weighted by Gasteiger charge is -2.19. The number of carbonyl (C=O) groups is 1. The molecule has 0 aliphatic rings. The molecule has 0 aliphatic heterocycles. The number of nitrogens with zero attached hydrogens (tertiary/aromatic N) is 2. The van der Waals surface area contributed by atoms with Crippen molar-refractivity contribution in [2.75, 3.05) is 31.6 Å². The zero-order valence-corrected chi connectivity index (χ0v) is 16.3. The monoisotopic (exact) mass is 399 g/mol. The average Bonchev–Trinajstić information content (AvgIpc) is 2.52. The number of carboxylic acids is 1. The molecule has 0 amide bonds. The number of aromatic carboxylic acids is 1. The Balaban J connectivity index is 2.68. The lowest BCUT2D eigenvalue weighted by molar-refractivity contribution is 0.0690. The Morgan fingerprint density at radius 2 is 2.00 bits per heavy atom. The molecule has 0 saturated heterocycles. The van der Waals surface area contributed by atoms with E-state index in [9.17, 15) is 14.3 Å². The van der Waals surface area contributed by atoms with Gasteiger partial charge in [-0.05, 0) is 42.4 Å². The minimum atomic E-state index is -1.29. The average molecular weight is 400 g/mol. The molecule has 140 valence electrons. The molecule has 0 spiro atoms. The summed E-state index contributed by atoms with van der Waals surface area (Å²) in [6, 6.07) is 2.75. The molecule has 1 aromatic carbocycles. The number of halogens is 2. The molecule has 9 heteroatoms. The van der Waals surface area contributed by atoms with Crippen molar-refractivity contribution in [3.8, 4) is 17.1 Å². The molecular weight excluding hydrogens is 381 g/mol. The SMILES string of the molecule is COc1c(Cl)ccc(-c2nc(N)c(/C=C/S(C)(C)C)c(C(=O)O)n2)c1F. The van der Waals surface area contributed by atoms with E-state index in [-0.39, 0.29) is 39.2 Å². The second-order valence-corrected chi connectivity index (χ2v) is 10.7.